The Morgan fingerprint density at radius 2 is 1.84 bits per heavy atom. The first-order valence-corrected chi connectivity index (χ1v) is 11.3. The Bertz CT molecular complexity index is 1170. The summed E-state index contributed by atoms with van der Waals surface area (Å²) in [6, 6.07) is 15.7. The summed E-state index contributed by atoms with van der Waals surface area (Å²) in [5.41, 5.74) is 2.74. The maximum Gasteiger partial charge on any atom is 0.326 e. The predicted octanol–water partition coefficient (Wildman–Crippen LogP) is 3.11. The number of imidazole rings is 1. The molecule has 0 aliphatic carbocycles. The van der Waals surface area contributed by atoms with E-state index in [1.165, 1.54) is 0 Å². The van der Waals surface area contributed by atoms with E-state index < -0.39 is 5.60 Å². The third-order valence-electron chi connectivity index (χ3n) is 6.76. The Kier molecular flexibility index (Phi) is 5.71. The maximum absolute atomic E-state index is 12.6. The quantitative estimate of drug-likeness (QED) is 0.623. The number of fused-ring (bicyclic) bond motifs is 1. The summed E-state index contributed by atoms with van der Waals surface area (Å²) in [4.78, 5) is 30.3. The second-order valence-corrected chi connectivity index (χ2v) is 8.82. The fourth-order valence-electron chi connectivity index (χ4n) is 5.23. The highest BCUT2D eigenvalue weighted by molar-refractivity contribution is 5.95. The molecule has 2 aliphatic heterocycles. The van der Waals surface area contributed by atoms with Gasteiger partial charge in [-0.2, -0.15) is 0 Å². The van der Waals surface area contributed by atoms with Gasteiger partial charge in [0.2, 0.25) is 0 Å². The Labute approximate surface area is 186 Å². The van der Waals surface area contributed by atoms with Crippen LogP contribution < -0.4 is 5.69 Å². The molecule has 1 aromatic heterocycles. The number of carbonyl (C=O) groups excluding carboxylic acids is 1. The molecule has 1 N–H and O–H groups in total. The first kappa shape index (κ1) is 21.1. The molecule has 0 spiro atoms. The molecule has 1 atom stereocenters. The van der Waals surface area contributed by atoms with Gasteiger partial charge in [0.15, 0.2) is 5.78 Å². The molecular formula is C25H29N3O4. The number of para-hydroxylation sites is 2. The smallest absolute Gasteiger partial charge is 0.326 e. The number of ketones is 1. The van der Waals surface area contributed by atoms with Crippen LogP contribution in [0.3, 0.4) is 0 Å². The van der Waals surface area contributed by atoms with Crippen molar-refractivity contribution in [3.8, 4) is 0 Å². The molecule has 3 heterocycles. The maximum atomic E-state index is 12.6. The van der Waals surface area contributed by atoms with Gasteiger partial charge >= 0.3 is 5.69 Å². The van der Waals surface area contributed by atoms with Crippen LogP contribution in [0.4, 0.5) is 0 Å². The van der Waals surface area contributed by atoms with Gasteiger partial charge in [0.1, 0.15) is 5.60 Å². The number of aromatic amines is 1. The molecule has 0 amide bonds. The van der Waals surface area contributed by atoms with Crippen molar-refractivity contribution in [3.05, 3.63) is 70.1 Å². The SMILES string of the molecule is CC(=O)c1ccccc1C1(CN2CCC(n3c(=O)[nH]c4ccccc43)CC2)COCCO1. The van der Waals surface area contributed by atoms with E-state index >= 15 is 0 Å². The van der Waals surface area contributed by atoms with Crippen molar-refractivity contribution in [3.63, 3.8) is 0 Å². The third-order valence-corrected chi connectivity index (χ3v) is 6.76. The molecule has 2 saturated heterocycles. The number of Topliss-reactive ketones (excluding diaryl/α,β-unsaturated/α-hetero) is 1. The molecule has 3 aromatic rings. The van der Waals surface area contributed by atoms with E-state index in [-0.39, 0.29) is 17.5 Å². The molecule has 2 aromatic carbocycles. The number of likely N-dealkylation sites (tertiary alicyclic amines) is 1. The van der Waals surface area contributed by atoms with E-state index in [4.69, 9.17) is 9.47 Å². The molecule has 0 saturated carbocycles. The number of aromatic nitrogens is 2. The van der Waals surface area contributed by atoms with Gasteiger partial charge in [-0.25, -0.2) is 4.79 Å². The van der Waals surface area contributed by atoms with Gasteiger partial charge in [-0.15, -0.1) is 0 Å². The lowest BCUT2D eigenvalue weighted by Gasteiger charge is -2.43. The van der Waals surface area contributed by atoms with Crippen molar-refractivity contribution < 1.29 is 14.3 Å². The highest BCUT2D eigenvalue weighted by Gasteiger charge is 2.41. The molecule has 1 unspecified atom stereocenters. The number of nitrogens with one attached hydrogen (secondary N) is 1. The van der Waals surface area contributed by atoms with Crippen molar-refractivity contribution in [2.75, 3.05) is 39.5 Å². The molecule has 0 bridgehead atoms. The standard InChI is InChI=1S/C25H29N3O4/c1-18(29)20-6-2-3-7-21(20)25(17-31-14-15-32-25)16-27-12-10-19(11-13-27)28-23-9-5-4-8-22(23)26-24(28)30/h2-9,19H,10-17H2,1H3,(H,26,30). The highest BCUT2D eigenvalue weighted by atomic mass is 16.6. The number of piperidine rings is 1. The molecule has 2 aliphatic rings. The Balaban J connectivity index is 1.36. The minimum absolute atomic E-state index is 0.0339. The van der Waals surface area contributed by atoms with Crippen LogP contribution in [0.15, 0.2) is 53.3 Å². The van der Waals surface area contributed by atoms with Crippen molar-refractivity contribution in [1.82, 2.24) is 14.5 Å². The van der Waals surface area contributed by atoms with Crippen molar-refractivity contribution in [1.29, 1.82) is 0 Å². The van der Waals surface area contributed by atoms with Crippen LogP contribution in [0.2, 0.25) is 0 Å². The van der Waals surface area contributed by atoms with Gasteiger partial charge in [0, 0.05) is 31.2 Å². The van der Waals surface area contributed by atoms with Crippen molar-refractivity contribution >= 4 is 16.8 Å². The summed E-state index contributed by atoms with van der Waals surface area (Å²) >= 11 is 0. The zero-order valence-electron chi connectivity index (χ0n) is 18.4. The lowest BCUT2D eigenvalue weighted by molar-refractivity contribution is -0.173. The zero-order valence-corrected chi connectivity index (χ0v) is 18.4. The van der Waals surface area contributed by atoms with Gasteiger partial charge in [-0.3, -0.25) is 14.3 Å². The monoisotopic (exact) mass is 435 g/mol. The van der Waals surface area contributed by atoms with E-state index in [1.54, 1.807) is 6.92 Å². The van der Waals surface area contributed by atoms with Crippen molar-refractivity contribution in [2.45, 2.75) is 31.4 Å². The fourth-order valence-corrected chi connectivity index (χ4v) is 5.23. The number of ether oxygens (including phenoxy) is 2. The second kappa shape index (κ2) is 8.65. The molecule has 32 heavy (non-hydrogen) atoms. The van der Waals surface area contributed by atoms with Crippen molar-refractivity contribution in [2.24, 2.45) is 0 Å². The van der Waals surface area contributed by atoms with Gasteiger partial charge in [-0.05, 0) is 37.5 Å². The summed E-state index contributed by atoms with van der Waals surface area (Å²) in [6.45, 7) is 5.46. The summed E-state index contributed by atoms with van der Waals surface area (Å²) in [6.07, 6.45) is 1.76. The van der Waals surface area contributed by atoms with Crippen LogP contribution in [-0.2, 0) is 15.1 Å². The van der Waals surface area contributed by atoms with Crippen LogP contribution >= 0.6 is 0 Å². The van der Waals surface area contributed by atoms with E-state index in [9.17, 15) is 9.59 Å². The molecule has 5 rings (SSSR count). The summed E-state index contributed by atoms with van der Waals surface area (Å²) < 4.78 is 14.1. The number of benzene rings is 2. The molecular weight excluding hydrogens is 406 g/mol. The highest BCUT2D eigenvalue weighted by Crippen LogP contribution is 2.34. The number of hydrogen-bond donors (Lipinski definition) is 1. The first-order chi connectivity index (χ1) is 15.6. The van der Waals surface area contributed by atoms with Gasteiger partial charge < -0.3 is 14.5 Å². The van der Waals surface area contributed by atoms with Crippen LogP contribution in [0.1, 0.15) is 41.7 Å². The average molecular weight is 436 g/mol. The summed E-state index contributed by atoms with van der Waals surface area (Å²) in [7, 11) is 0. The second-order valence-electron chi connectivity index (χ2n) is 8.82. The number of carbonyl (C=O) groups is 1. The summed E-state index contributed by atoms with van der Waals surface area (Å²) in [5, 5.41) is 0. The largest absolute Gasteiger partial charge is 0.376 e. The predicted molar refractivity (Wildman–Crippen MR) is 122 cm³/mol. The average Bonchev–Trinajstić information content (AvgIpc) is 3.16. The number of hydrogen-bond acceptors (Lipinski definition) is 5. The first-order valence-electron chi connectivity index (χ1n) is 11.3. The van der Waals surface area contributed by atoms with Crippen LogP contribution in [-0.4, -0.2) is 59.7 Å². The zero-order chi connectivity index (χ0) is 22.1. The topological polar surface area (TPSA) is 76.6 Å². The molecule has 7 nitrogen and oxygen atoms in total. The van der Waals surface area contributed by atoms with Crippen LogP contribution in [0.5, 0.6) is 0 Å². The fraction of sp³-hybridized carbons (Fsp3) is 0.440. The number of rotatable bonds is 5. The molecule has 168 valence electrons. The van der Waals surface area contributed by atoms with Gasteiger partial charge in [-0.1, -0.05) is 36.4 Å². The third kappa shape index (κ3) is 3.81. The number of nitrogens with zero attached hydrogens (tertiary/aromatic N) is 2. The molecule has 2 fully saturated rings. The minimum Gasteiger partial charge on any atom is -0.376 e. The van der Waals surface area contributed by atoms with Crippen LogP contribution in [0, 0.1) is 0 Å². The normalized spacial score (nSPS) is 22.9. The molecule has 7 heteroatoms. The minimum atomic E-state index is -0.662. The molecule has 0 radical (unpaired) electrons. The van der Waals surface area contributed by atoms with Gasteiger partial charge in [0.25, 0.3) is 0 Å². The van der Waals surface area contributed by atoms with E-state index in [2.05, 4.69) is 9.88 Å². The Morgan fingerprint density at radius 3 is 2.59 bits per heavy atom. The van der Waals surface area contributed by atoms with E-state index in [1.807, 2.05) is 53.1 Å². The van der Waals surface area contributed by atoms with Gasteiger partial charge in [0.05, 0.1) is 30.9 Å². The summed E-state index contributed by atoms with van der Waals surface area (Å²) in [5.74, 6) is 0.0339. The van der Waals surface area contributed by atoms with Crippen LogP contribution in [0.25, 0.3) is 11.0 Å². The lowest BCUT2D eigenvalue weighted by Crippen LogP contribution is -2.51. The van der Waals surface area contributed by atoms with E-state index in [0.29, 0.717) is 31.9 Å². The lowest BCUT2D eigenvalue weighted by atomic mass is 9.87. The number of H-pyrrole nitrogens is 1. The van der Waals surface area contributed by atoms with E-state index in [0.717, 1.165) is 42.5 Å². The Hall–Kier alpha value is -2.74. The Morgan fingerprint density at radius 1 is 1.09 bits per heavy atom.